The van der Waals surface area contributed by atoms with Gasteiger partial charge in [-0.1, -0.05) is 61.0 Å². The molecule has 2 aromatic rings. The van der Waals surface area contributed by atoms with E-state index in [1.165, 1.54) is 43.5 Å². The number of hydrogen-bond acceptors (Lipinski definition) is 4. The third kappa shape index (κ3) is 9.62. The van der Waals surface area contributed by atoms with Crippen molar-refractivity contribution in [3.8, 4) is 5.75 Å². The van der Waals surface area contributed by atoms with Crippen molar-refractivity contribution < 1.29 is 9.53 Å². The van der Waals surface area contributed by atoms with Gasteiger partial charge in [0.1, 0.15) is 5.75 Å². The van der Waals surface area contributed by atoms with Gasteiger partial charge in [0.05, 0.1) is 12.4 Å². The van der Waals surface area contributed by atoms with Gasteiger partial charge < -0.3 is 10.1 Å². The van der Waals surface area contributed by atoms with E-state index < -0.39 is 0 Å². The summed E-state index contributed by atoms with van der Waals surface area (Å²) < 4.78 is 5.89. The predicted octanol–water partition coefficient (Wildman–Crippen LogP) is 5.00. The number of rotatable bonds is 12. The molecule has 0 unspecified atom stereocenters. The van der Waals surface area contributed by atoms with Gasteiger partial charge in [-0.3, -0.25) is 9.69 Å². The Morgan fingerprint density at radius 1 is 1.06 bits per heavy atom. The molecule has 5 heteroatoms. The zero-order chi connectivity index (χ0) is 21.6. The lowest BCUT2D eigenvalue weighted by molar-refractivity contribution is -0.118. The van der Waals surface area contributed by atoms with E-state index in [0.29, 0.717) is 18.9 Å². The van der Waals surface area contributed by atoms with Crippen molar-refractivity contribution in [2.75, 3.05) is 37.7 Å². The first-order valence-electron chi connectivity index (χ1n) is 11.3. The summed E-state index contributed by atoms with van der Waals surface area (Å²) in [5.41, 5.74) is 2.50. The Bertz CT molecular complexity index is 804. The maximum atomic E-state index is 11.9. The number of hydrogen-bond donors (Lipinski definition) is 1. The molecule has 0 atom stereocenters. The minimum atomic E-state index is 0.0849. The average Bonchev–Trinajstić information content (AvgIpc) is 2.80. The van der Waals surface area contributed by atoms with E-state index in [2.05, 4.69) is 52.7 Å². The maximum Gasteiger partial charge on any atom is 0.230 e. The molecule has 2 aromatic carbocycles. The number of carbonyl (C=O) groups excluding carboxylic acids is 1. The molecule has 0 saturated carbocycles. The van der Waals surface area contributed by atoms with Crippen LogP contribution in [0.5, 0.6) is 5.75 Å². The molecule has 0 aliphatic carbocycles. The van der Waals surface area contributed by atoms with E-state index in [1.54, 1.807) is 11.8 Å². The molecule has 31 heavy (non-hydrogen) atoms. The second kappa shape index (κ2) is 13.9. The molecule has 3 rings (SSSR count). The van der Waals surface area contributed by atoms with Crippen LogP contribution in [0.1, 0.15) is 36.8 Å². The number of benzene rings is 2. The number of nitrogens with zero attached hydrogens (tertiary/aromatic N) is 1. The highest BCUT2D eigenvalue weighted by atomic mass is 32.2. The molecular formula is C26H34N2O2S. The van der Waals surface area contributed by atoms with Crippen LogP contribution >= 0.6 is 11.8 Å². The van der Waals surface area contributed by atoms with Crippen LogP contribution in [-0.4, -0.2) is 48.6 Å². The van der Waals surface area contributed by atoms with Gasteiger partial charge in [-0.05, 0) is 55.6 Å². The highest BCUT2D eigenvalue weighted by Crippen LogP contribution is 2.17. The van der Waals surface area contributed by atoms with E-state index in [9.17, 15) is 4.79 Å². The van der Waals surface area contributed by atoms with Crippen molar-refractivity contribution in [3.05, 3.63) is 71.8 Å². The number of ether oxygens (including phenoxy) is 1. The van der Waals surface area contributed by atoms with Gasteiger partial charge in [0.25, 0.3) is 0 Å². The van der Waals surface area contributed by atoms with Crippen LogP contribution in [0.2, 0.25) is 0 Å². The number of amides is 1. The summed E-state index contributed by atoms with van der Waals surface area (Å²) in [6, 6.07) is 18.6. The van der Waals surface area contributed by atoms with Gasteiger partial charge in [0.2, 0.25) is 5.91 Å². The van der Waals surface area contributed by atoms with Gasteiger partial charge in [0, 0.05) is 18.8 Å². The van der Waals surface area contributed by atoms with Crippen molar-refractivity contribution in [1.29, 1.82) is 0 Å². The van der Waals surface area contributed by atoms with Crippen molar-refractivity contribution in [1.82, 2.24) is 10.2 Å². The van der Waals surface area contributed by atoms with Crippen LogP contribution in [0.15, 0.2) is 60.7 Å². The Kier molecular flexibility index (Phi) is 10.5. The van der Waals surface area contributed by atoms with E-state index in [1.807, 2.05) is 24.3 Å². The topological polar surface area (TPSA) is 41.6 Å². The van der Waals surface area contributed by atoms with Gasteiger partial charge in [-0.2, -0.15) is 0 Å². The minimum absolute atomic E-state index is 0.0849. The van der Waals surface area contributed by atoms with Gasteiger partial charge in [-0.25, -0.2) is 0 Å². The summed E-state index contributed by atoms with van der Waals surface area (Å²) in [6.45, 7) is 4.66. The Hall–Kier alpha value is -2.24. The summed E-state index contributed by atoms with van der Waals surface area (Å²) in [5, 5.41) is 2.97. The molecular weight excluding hydrogens is 404 g/mol. The summed E-state index contributed by atoms with van der Waals surface area (Å²) in [7, 11) is 0. The molecule has 1 aliphatic heterocycles. The van der Waals surface area contributed by atoms with E-state index in [0.717, 1.165) is 24.5 Å². The summed E-state index contributed by atoms with van der Waals surface area (Å²) in [6.07, 6.45) is 8.97. The smallest absolute Gasteiger partial charge is 0.230 e. The number of thioether (sulfide) groups is 1. The number of likely N-dealkylation sites (tertiary alicyclic amines) is 1. The normalized spacial score (nSPS) is 14.6. The molecule has 1 amide bonds. The second-order valence-corrected chi connectivity index (χ2v) is 8.89. The lowest BCUT2D eigenvalue weighted by atomic mass is 10.1. The van der Waals surface area contributed by atoms with Crippen LogP contribution < -0.4 is 10.1 Å². The second-order valence-electron chi connectivity index (χ2n) is 7.86. The molecule has 1 N–H and O–H groups in total. The van der Waals surface area contributed by atoms with Crippen LogP contribution in [0.4, 0.5) is 0 Å². The monoisotopic (exact) mass is 438 g/mol. The van der Waals surface area contributed by atoms with Crippen molar-refractivity contribution in [3.63, 3.8) is 0 Å². The summed E-state index contributed by atoms with van der Waals surface area (Å²) in [4.78, 5) is 14.5. The Labute approximate surface area is 191 Å². The molecule has 0 aromatic heterocycles. The molecule has 4 nitrogen and oxygen atoms in total. The molecule has 1 heterocycles. The van der Waals surface area contributed by atoms with E-state index in [4.69, 9.17) is 4.74 Å². The highest BCUT2D eigenvalue weighted by molar-refractivity contribution is 8.00. The Balaban J connectivity index is 1.23. The standard InChI is InChI=1S/C26H34N2O2S/c29-26(22-31-19-8-13-23-10-3-1-4-11-23)27-15-9-18-30-25-14-7-12-24(20-25)21-28-16-5-2-6-17-28/h1,3-4,7-8,10-14,20H,2,5-6,9,15-19,21-22H2,(H,27,29)/b13-8+. The SMILES string of the molecule is O=C(CSC/C=C/c1ccccc1)NCCCOc1cccc(CN2CCCCC2)c1. The van der Waals surface area contributed by atoms with Crippen LogP contribution in [0.25, 0.3) is 6.08 Å². The quantitative estimate of drug-likeness (QED) is 0.473. The van der Waals surface area contributed by atoms with Crippen LogP contribution in [-0.2, 0) is 11.3 Å². The zero-order valence-electron chi connectivity index (χ0n) is 18.3. The fraction of sp³-hybridized carbons (Fsp3) is 0.423. The Morgan fingerprint density at radius 2 is 1.90 bits per heavy atom. The molecule has 1 saturated heterocycles. The fourth-order valence-corrected chi connectivity index (χ4v) is 4.26. The maximum absolute atomic E-state index is 11.9. The number of carbonyl (C=O) groups is 1. The average molecular weight is 439 g/mol. The lowest BCUT2D eigenvalue weighted by Gasteiger charge is -2.26. The fourth-order valence-electron chi connectivity index (χ4n) is 3.62. The third-order valence-corrected chi connectivity index (χ3v) is 6.12. The minimum Gasteiger partial charge on any atom is -0.494 e. The lowest BCUT2D eigenvalue weighted by Crippen LogP contribution is -2.29. The molecule has 0 spiro atoms. The first-order chi connectivity index (χ1) is 15.3. The predicted molar refractivity (Wildman–Crippen MR) is 131 cm³/mol. The third-order valence-electron chi connectivity index (χ3n) is 5.22. The number of piperidine rings is 1. The van der Waals surface area contributed by atoms with Gasteiger partial charge in [-0.15, -0.1) is 11.8 Å². The van der Waals surface area contributed by atoms with Crippen molar-refractivity contribution in [2.45, 2.75) is 32.2 Å². The van der Waals surface area contributed by atoms with E-state index >= 15 is 0 Å². The number of nitrogens with one attached hydrogen (secondary N) is 1. The highest BCUT2D eigenvalue weighted by Gasteiger charge is 2.10. The van der Waals surface area contributed by atoms with Crippen molar-refractivity contribution >= 4 is 23.7 Å². The molecule has 1 fully saturated rings. The first kappa shape index (κ1) is 23.4. The zero-order valence-corrected chi connectivity index (χ0v) is 19.1. The van der Waals surface area contributed by atoms with Crippen LogP contribution in [0.3, 0.4) is 0 Å². The first-order valence-corrected chi connectivity index (χ1v) is 12.5. The van der Waals surface area contributed by atoms with Crippen LogP contribution in [0, 0.1) is 0 Å². The van der Waals surface area contributed by atoms with Gasteiger partial charge >= 0.3 is 0 Å². The molecule has 166 valence electrons. The van der Waals surface area contributed by atoms with E-state index in [-0.39, 0.29) is 5.91 Å². The van der Waals surface area contributed by atoms with Crippen molar-refractivity contribution in [2.24, 2.45) is 0 Å². The molecule has 1 aliphatic rings. The van der Waals surface area contributed by atoms with Gasteiger partial charge in [0.15, 0.2) is 0 Å². The molecule has 0 radical (unpaired) electrons. The summed E-state index contributed by atoms with van der Waals surface area (Å²) >= 11 is 1.62. The largest absolute Gasteiger partial charge is 0.494 e. The molecule has 0 bridgehead atoms. The summed E-state index contributed by atoms with van der Waals surface area (Å²) in [5.74, 6) is 2.32. The Morgan fingerprint density at radius 3 is 2.74 bits per heavy atom.